The molecule has 2 heterocycles. The highest BCUT2D eigenvalue weighted by atomic mass is 16.5. The van der Waals surface area contributed by atoms with Crippen LogP contribution in [0.4, 0.5) is 0 Å². The van der Waals surface area contributed by atoms with E-state index in [0.717, 1.165) is 17.0 Å². The number of hydrogen-bond donors (Lipinski definition) is 1. The SMILES string of the molecule is CNC(c1ccoc1)c1c(OC)cnn1C(C)C. The molecule has 5 nitrogen and oxygen atoms in total. The van der Waals surface area contributed by atoms with Crippen molar-refractivity contribution in [3.05, 3.63) is 36.0 Å². The third kappa shape index (κ3) is 2.13. The molecule has 5 heteroatoms. The van der Waals surface area contributed by atoms with E-state index in [2.05, 4.69) is 24.3 Å². The smallest absolute Gasteiger partial charge is 0.161 e. The Hall–Kier alpha value is -1.75. The molecule has 98 valence electrons. The quantitative estimate of drug-likeness (QED) is 0.884. The molecule has 1 atom stereocenters. The second kappa shape index (κ2) is 5.27. The maximum Gasteiger partial charge on any atom is 0.161 e. The predicted octanol–water partition coefficient (Wildman–Crippen LogP) is 2.37. The molecule has 18 heavy (non-hydrogen) atoms. The fraction of sp³-hybridized carbons (Fsp3) is 0.462. The van der Waals surface area contributed by atoms with Crippen LogP contribution in [0.2, 0.25) is 0 Å². The molecule has 0 fully saturated rings. The summed E-state index contributed by atoms with van der Waals surface area (Å²) in [5, 5.41) is 7.66. The molecule has 0 aliphatic heterocycles. The highest BCUT2D eigenvalue weighted by Crippen LogP contribution is 2.31. The third-order valence-corrected chi connectivity index (χ3v) is 2.95. The third-order valence-electron chi connectivity index (χ3n) is 2.95. The number of nitrogens with zero attached hydrogens (tertiary/aromatic N) is 2. The van der Waals surface area contributed by atoms with Crippen molar-refractivity contribution >= 4 is 0 Å². The Bertz CT molecular complexity index is 488. The number of methoxy groups -OCH3 is 1. The van der Waals surface area contributed by atoms with Gasteiger partial charge in [0.25, 0.3) is 0 Å². The molecule has 0 amide bonds. The summed E-state index contributed by atoms with van der Waals surface area (Å²) in [5.74, 6) is 0.782. The average Bonchev–Trinajstić information content (AvgIpc) is 2.99. The molecular weight excluding hydrogens is 230 g/mol. The van der Waals surface area contributed by atoms with Gasteiger partial charge in [-0.1, -0.05) is 0 Å². The van der Waals surface area contributed by atoms with Crippen molar-refractivity contribution in [2.45, 2.75) is 25.9 Å². The number of aromatic nitrogens is 2. The number of rotatable bonds is 5. The molecule has 1 unspecified atom stereocenters. The van der Waals surface area contributed by atoms with Crippen LogP contribution in [-0.2, 0) is 0 Å². The van der Waals surface area contributed by atoms with Crippen LogP contribution < -0.4 is 10.1 Å². The Morgan fingerprint density at radius 2 is 2.22 bits per heavy atom. The summed E-state index contributed by atoms with van der Waals surface area (Å²) in [6.45, 7) is 4.19. The van der Waals surface area contributed by atoms with Gasteiger partial charge in [0.05, 0.1) is 31.9 Å². The van der Waals surface area contributed by atoms with Crippen LogP contribution >= 0.6 is 0 Å². The maximum atomic E-state index is 5.40. The highest BCUT2D eigenvalue weighted by molar-refractivity contribution is 5.35. The summed E-state index contributed by atoms with van der Waals surface area (Å²) in [4.78, 5) is 0. The summed E-state index contributed by atoms with van der Waals surface area (Å²) in [6, 6.07) is 2.22. The Kier molecular flexibility index (Phi) is 3.72. The molecule has 0 saturated heterocycles. The molecule has 0 bridgehead atoms. The zero-order valence-corrected chi connectivity index (χ0v) is 11.2. The van der Waals surface area contributed by atoms with E-state index in [0.29, 0.717) is 0 Å². The van der Waals surface area contributed by atoms with Crippen LogP contribution in [0.1, 0.15) is 37.2 Å². The molecule has 0 spiro atoms. The molecule has 0 radical (unpaired) electrons. The van der Waals surface area contributed by atoms with Crippen molar-refractivity contribution in [3.63, 3.8) is 0 Å². The van der Waals surface area contributed by atoms with E-state index in [1.54, 1.807) is 25.8 Å². The van der Waals surface area contributed by atoms with Crippen molar-refractivity contribution < 1.29 is 9.15 Å². The van der Waals surface area contributed by atoms with Crippen molar-refractivity contribution in [1.82, 2.24) is 15.1 Å². The topological polar surface area (TPSA) is 52.2 Å². The fourth-order valence-electron chi connectivity index (χ4n) is 2.10. The van der Waals surface area contributed by atoms with Gasteiger partial charge >= 0.3 is 0 Å². The molecule has 0 aromatic carbocycles. The van der Waals surface area contributed by atoms with Gasteiger partial charge in [0.1, 0.15) is 5.69 Å². The minimum Gasteiger partial charge on any atom is -0.493 e. The van der Waals surface area contributed by atoms with Crippen LogP contribution in [0.5, 0.6) is 5.75 Å². The maximum absolute atomic E-state index is 5.40. The van der Waals surface area contributed by atoms with Crippen LogP contribution in [0.25, 0.3) is 0 Å². The van der Waals surface area contributed by atoms with E-state index in [9.17, 15) is 0 Å². The Morgan fingerprint density at radius 3 is 2.72 bits per heavy atom. The Balaban J connectivity index is 2.50. The summed E-state index contributed by atoms with van der Waals surface area (Å²) in [7, 11) is 3.57. The standard InChI is InChI=1S/C13H19N3O2/c1-9(2)16-13(11(17-4)7-15-16)12(14-3)10-5-6-18-8-10/h5-9,12,14H,1-4H3. The number of furan rings is 1. The lowest BCUT2D eigenvalue weighted by molar-refractivity contribution is 0.396. The van der Waals surface area contributed by atoms with Gasteiger partial charge in [0.15, 0.2) is 5.75 Å². The van der Waals surface area contributed by atoms with E-state index < -0.39 is 0 Å². The molecule has 2 rings (SSSR count). The predicted molar refractivity (Wildman–Crippen MR) is 68.8 cm³/mol. The second-order valence-electron chi connectivity index (χ2n) is 4.41. The van der Waals surface area contributed by atoms with Gasteiger partial charge in [-0.05, 0) is 27.0 Å². The summed E-state index contributed by atoms with van der Waals surface area (Å²) in [6.07, 6.45) is 5.15. The molecule has 2 aromatic heterocycles. The van der Waals surface area contributed by atoms with Crippen LogP contribution in [-0.4, -0.2) is 23.9 Å². The zero-order chi connectivity index (χ0) is 13.1. The van der Waals surface area contributed by atoms with E-state index in [1.165, 1.54) is 0 Å². The van der Waals surface area contributed by atoms with Crippen LogP contribution in [0, 0.1) is 0 Å². The first kappa shape index (κ1) is 12.7. The minimum absolute atomic E-state index is 0.00333. The molecule has 0 aliphatic carbocycles. The normalized spacial score (nSPS) is 12.9. The van der Waals surface area contributed by atoms with Crippen molar-refractivity contribution in [3.8, 4) is 5.75 Å². The zero-order valence-electron chi connectivity index (χ0n) is 11.2. The van der Waals surface area contributed by atoms with E-state index in [4.69, 9.17) is 9.15 Å². The number of hydrogen-bond acceptors (Lipinski definition) is 4. The lowest BCUT2D eigenvalue weighted by Crippen LogP contribution is -2.22. The minimum atomic E-state index is 0.00333. The first-order chi connectivity index (χ1) is 8.69. The lowest BCUT2D eigenvalue weighted by Gasteiger charge is -2.20. The molecule has 2 aromatic rings. The van der Waals surface area contributed by atoms with Gasteiger partial charge in [-0.2, -0.15) is 5.10 Å². The largest absolute Gasteiger partial charge is 0.493 e. The van der Waals surface area contributed by atoms with E-state index >= 15 is 0 Å². The van der Waals surface area contributed by atoms with Crippen LogP contribution in [0.15, 0.2) is 29.2 Å². The summed E-state index contributed by atoms with van der Waals surface area (Å²) < 4.78 is 12.5. The first-order valence-electron chi connectivity index (χ1n) is 5.99. The molecule has 0 saturated carbocycles. The average molecular weight is 249 g/mol. The van der Waals surface area contributed by atoms with Gasteiger partial charge in [-0.3, -0.25) is 4.68 Å². The second-order valence-corrected chi connectivity index (χ2v) is 4.41. The van der Waals surface area contributed by atoms with Gasteiger partial charge in [0, 0.05) is 11.6 Å². The van der Waals surface area contributed by atoms with Crippen molar-refractivity contribution in [2.24, 2.45) is 0 Å². The first-order valence-corrected chi connectivity index (χ1v) is 5.99. The summed E-state index contributed by atoms with van der Waals surface area (Å²) >= 11 is 0. The molecule has 0 aliphatic rings. The Morgan fingerprint density at radius 1 is 1.44 bits per heavy atom. The molecule has 1 N–H and O–H groups in total. The van der Waals surface area contributed by atoms with Gasteiger partial charge in [-0.15, -0.1) is 0 Å². The van der Waals surface area contributed by atoms with E-state index in [-0.39, 0.29) is 12.1 Å². The van der Waals surface area contributed by atoms with Crippen LogP contribution in [0.3, 0.4) is 0 Å². The van der Waals surface area contributed by atoms with Gasteiger partial charge in [-0.25, -0.2) is 0 Å². The Labute approximate surface area is 107 Å². The van der Waals surface area contributed by atoms with Crippen molar-refractivity contribution in [2.75, 3.05) is 14.2 Å². The van der Waals surface area contributed by atoms with Gasteiger partial charge < -0.3 is 14.5 Å². The number of ether oxygens (including phenoxy) is 1. The fourth-order valence-corrected chi connectivity index (χ4v) is 2.10. The van der Waals surface area contributed by atoms with Crippen molar-refractivity contribution in [1.29, 1.82) is 0 Å². The summed E-state index contributed by atoms with van der Waals surface area (Å²) in [5.41, 5.74) is 2.06. The molecular formula is C13H19N3O2. The van der Waals surface area contributed by atoms with Gasteiger partial charge in [0.2, 0.25) is 0 Å². The highest BCUT2D eigenvalue weighted by Gasteiger charge is 2.24. The lowest BCUT2D eigenvalue weighted by atomic mass is 10.1. The monoisotopic (exact) mass is 249 g/mol. The van der Waals surface area contributed by atoms with E-state index in [1.807, 2.05) is 17.8 Å². The number of nitrogens with one attached hydrogen (secondary N) is 1.